The van der Waals surface area contributed by atoms with Gasteiger partial charge in [0.05, 0.1) is 0 Å². The van der Waals surface area contributed by atoms with Crippen molar-refractivity contribution in [2.24, 2.45) is 11.5 Å². The second-order valence-corrected chi connectivity index (χ2v) is 13.2. The fourth-order valence-corrected chi connectivity index (χ4v) is 5.17. The van der Waals surface area contributed by atoms with Gasteiger partial charge in [-0.15, -0.1) is 13.1 Å². The van der Waals surface area contributed by atoms with Crippen molar-refractivity contribution in [2.45, 2.75) is 111 Å². The Morgan fingerprint density at radius 2 is 0.946 bits per heavy atom. The zero-order valence-corrected chi connectivity index (χ0v) is 27.1. The van der Waals surface area contributed by atoms with E-state index in [2.05, 4.69) is 93.5 Å². The van der Waals surface area contributed by atoms with Crippen LogP contribution in [0.5, 0.6) is 0 Å². The molecule has 6 heteroatoms. The van der Waals surface area contributed by atoms with E-state index in [0.717, 1.165) is 13.0 Å². The first kappa shape index (κ1) is 34.4. The van der Waals surface area contributed by atoms with Crippen LogP contribution >= 0.6 is 20.3 Å². The van der Waals surface area contributed by atoms with Crippen molar-refractivity contribution in [3.8, 4) is 0 Å². The van der Waals surface area contributed by atoms with Crippen LogP contribution in [-0.2, 0) is 12.9 Å². The van der Waals surface area contributed by atoms with Crippen molar-refractivity contribution < 1.29 is 12.9 Å². The first-order valence-corrected chi connectivity index (χ1v) is 16.4. The number of nitrogens with two attached hydrogens (primary N) is 2. The van der Waals surface area contributed by atoms with Crippen molar-refractivity contribution in [3.05, 3.63) is 74.1 Å². The van der Waals surface area contributed by atoms with Gasteiger partial charge in [-0.2, -0.15) is 0 Å². The molecule has 0 fully saturated rings. The van der Waals surface area contributed by atoms with Crippen LogP contribution < -0.4 is 11.5 Å². The third kappa shape index (κ3) is 10.1. The summed E-state index contributed by atoms with van der Waals surface area (Å²) in [6.07, 6.45) is 0.844. The first-order chi connectivity index (χ1) is 17.3. The van der Waals surface area contributed by atoms with Crippen molar-refractivity contribution in [1.29, 1.82) is 0 Å². The van der Waals surface area contributed by atoms with Crippen LogP contribution in [0.4, 0.5) is 0 Å². The summed E-state index contributed by atoms with van der Waals surface area (Å²) in [6.45, 7) is 23.8. The minimum absolute atomic E-state index is 0.00722. The molecule has 0 aliphatic heterocycles. The molecule has 0 amide bonds. The zero-order chi connectivity index (χ0) is 28.4. The summed E-state index contributed by atoms with van der Waals surface area (Å²) in [4.78, 5) is 0. The molecule has 0 radical (unpaired) electrons. The topological polar surface area (TPSA) is 66.1 Å². The zero-order valence-electron chi connectivity index (χ0n) is 24.6. The van der Waals surface area contributed by atoms with E-state index in [-0.39, 0.29) is 12.1 Å². The molecule has 0 bridgehead atoms. The van der Waals surface area contributed by atoms with Crippen molar-refractivity contribution in [1.82, 2.24) is 0 Å². The molecule has 2 rings (SSSR count). The average Bonchev–Trinajstić information content (AvgIpc) is 2.80. The van der Waals surface area contributed by atoms with E-state index in [1.807, 2.05) is 0 Å². The fourth-order valence-electron chi connectivity index (χ4n) is 5.17. The summed E-state index contributed by atoms with van der Waals surface area (Å²) in [7, 11) is 9.47. The van der Waals surface area contributed by atoms with E-state index in [0.29, 0.717) is 43.1 Å². The van der Waals surface area contributed by atoms with E-state index in [1.165, 1.54) is 44.5 Å². The summed E-state index contributed by atoms with van der Waals surface area (Å²) < 4.78 is 0. The predicted octanol–water partition coefficient (Wildman–Crippen LogP) is 9.64. The van der Waals surface area contributed by atoms with Crippen LogP contribution in [0.25, 0.3) is 5.32 Å². The van der Waals surface area contributed by atoms with E-state index in [9.17, 15) is 0 Å². The number of hydrogen-bond donors (Lipinski definition) is 2. The quantitative estimate of drug-likeness (QED) is 0.255. The van der Waals surface area contributed by atoms with Gasteiger partial charge >= 0.3 is 33.2 Å². The second kappa shape index (κ2) is 16.5. The van der Waals surface area contributed by atoms with Crippen molar-refractivity contribution >= 4 is 20.3 Å². The third-order valence-corrected chi connectivity index (χ3v) is 6.93. The van der Waals surface area contributed by atoms with Gasteiger partial charge in [-0.05, 0) is 70.9 Å². The van der Waals surface area contributed by atoms with Crippen molar-refractivity contribution in [2.75, 3.05) is 13.1 Å². The number of rotatable bonds is 11. The number of benzene rings is 2. The summed E-state index contributed by atoms with van der Waals surface area (Å²) in [5, 5.41) is 4.90. The van der Waals surface area contributed by atoms with E-state index >= 15 is 0 Å². The standard InChI is InChI=1S/C31H50N3.2ClH.Co/c1-18(2)24-13-22(9)14-25(19(3)4)30(24)28(32)11-12-34-17-29(33)31-26(20(5)6)15-23(10)16-27(31)21(7)8;;;/h13-16,18-21,28-29H,11-12,17,32-33H2,1-10H3;2*1H;/q-1;;;+3/p-2. The number of halogens is 2. The van der Waals surface area contributed by atoms with Gasteiger partial charge in [0.25, 0.3) is 0 Å². The molecule has 2 aromatic carbocycles. The van der Waals surface area contributed by atoms with E-state index < -0.39 is 0 Å². The number of hydrogen-bond acceptors (Lipinski definition) is 2. The van der Waals surface area contributed by atoms with Crippen LogP contribution in [0.1, 0.15) is 142 Å². The predicted molar refractivity (Wildman–Crippen MR) is 162 cm³/mol. The normalized spacial score (nSPS) is 13.5. The van der Waals surface area contributed by atoms with Gasteiger partial charge in [0.1, 0.15) is 0 Å². The molecule has 37 heavy (non-hydrogen) atoms. The maximum absolute atomic E-state index is 6.80. The Morgan fingerprint density at radius 1 is 0.649 bits per heavy atom. The van der Waals surface area contributed by atoms with Gasteiger partial charge in [-0.3, -0.25) is 0 Å². The number of aryl methyl sites for hydroxylation is 2. The molecule has 0 aliphatic rings. The molecule has 0 heterocycles. The van der Waals surface area contributed by atoms with Gasteiger partial charge in [0.2, 0.25) is 0 Å². The van der Waals surface area contributed by atoms with Gasteiger partial charge < -0.3 is 16.8 Å². The summed E-state index contributed by atoms with van der Waals surface area (Å²) in [6, 6.07) is 9.16. The van der Waals surface area contributed by atoms with Gasteiger partial charge in [-0.25, -0.2) is 0 Å². The van der Waals surface area contributed by atoms with Crippen molar-refractivity contribution in [3.63, 3.8) is 0 Å². The maximum atomic E-state index is 6.80. The third-order valence-electron chi connectivity index (χ3n) is 6.93. The molecule has 0 saturated heterocycles. The molecule has 4 N–H and O–H groups in total. The SMILES string of the molecule is Cc1cc(C(C)C)c(C(N)CC[N-]CC(N)c2c(C(C)C)cc(C)cc2C(C)C)c(C(C)C)c1.[Cl][Co+][Cl]. The molecular weight excluding hydrogens is 544 g/mol. The van der Waals surface area contributed by atoms with Crippen LogP contribution in [0, 0.1) is 13.8 Å². The van der Waals surface area contributed by atoms with E-state index in [4.69, 9.17) is 37.1 Å². The fraction of sp³-hybridized carbons (Fsp3) is 0.613. The molecule has 3 nitrogen and oxygen atoms in total. The average molecular weight is 595 g/mol. The Hall–Kier alpha value is -0.594. The van der Waals surface area contributed by atoms with Crippen LogP contribution in [-0.4, -0.2) is 13.1 Å². The Kier molecular flexibility index (Phi) is 15.4. The minimum atomic E-state index is -0.0801. The molecule has 0 spiro atoms. The molecule has 0 aliphatic carbocycles. The molecule has 212 valence electrons. The second-order valence-electron chi connectivity index (χ2n) is 11.5. The summed E-state index contributed by atoms with van der Waals surface area (Å²) in [5.41, 5.74) is 24.3. The van der Waals surface area contributed by atoms with Crippen LogP contribution in [0.2, 0.25) is 0 Å². The monoisotopic (exact) mass is 593 g/mol. The Labute approximate surface area is 242 Å². The Balaban J connectivity index is 0.00000217. The van der Waals surface area contributed by atoms with Gasteiger partial charge in [0, 0.05) is 12.1 Å². The number of nitrogens with zero attached hydrogens (tertiary/aromatic N) is 1. The van der Waals surface area contributed by atoms with Crippen LogP contribution in [0.15, 0.2) is 24.3 Å². The molecule has 2 atom stereocenters. The summed E-state index contributed by atoms with van der Waals surface area (Å²) in [5.74, 6) is 1.79. The molecule has 2 unspecified atom stereocenters. The molecule has 0 saturated carbocycles. The molecular formula is C31H50Cl2CoN3. The summed E-state index contributed by atoms with van der Waals surface area (Å²) >= 11 is 0.382. The van der Waals surface area contributed by atoms with Crippen LogP contribution in [0.3, 0.4) is 0 Å². The van der Waals surface area contributed by atoms with Gasteiger partial charge in [0.15, 0.2) is 0 Å². The molecule has 2 aromatic rings. The van der Waals surface area contributed by atoms with E-state index in [1.54, 1.807) is 0 Å². The first-order valence-electron chi connectivity index (χ1n) is 13.5. The van der Waals surface area contributed by atoms with Gasteiger partial charge in [-0.1, -0.05) is 97.2 Å². The molecule has 0 aromatic heterocycles. The Bertz CT molecular complexity index is 837. The Morgan fingerprint density at radius 3 is 1.24 bits per heavy atom.